The van der Waals surface area contributed by atoms with E-state index in [1.54, 1.807) is 24.0 Å². The molecule has 0 N–H and O–H groups in total. The third-order valence-corrected chi connectivity index (χ3v) is 2.76. The van der Waals surface area contributed by atoms with Crippen LogP contribution in [-0.4, -0.2) is 22.5 Å². The fourth-order valence-electron chi connectivity index (χ4n) is 1.82. The number of ether oxygens (including phenoxy) is 2. The zero-order chi connectivity index (χ0) is 15.9. The summed E-state index contributed by atoms with van der Waals surface area (Å²) in [7, 11) is 1.73. The maximum absolute atomic E-state index is 12.5. The second-order valence-electron chi connectivity index (χ2n) is 4.15. The van der Waals surface area contributed by atoms with Gasteiger partial charge < -0.3 is 9.47 Å². The van der Waals surface area contributed by atoms with E-state index in [9.17, 15) is 9.18 Å². The maximum atomic E-state index is 12.5. The summed E-state index contributed by atoms with van der Waals surface area (Å²) in [5.74, 6) is -0.330. The van der Waals surface area contributed by atoms with Gasteiger partial charge in [-0.25, -0.2) is 4.39 Å². The van der Waals surface area contributed by atoms with Crippen molar-refractivity contribution in [2.45, 2.75) is 6.61 Å². The summed E-state index contributed by atoms with van der Waals surface area (Å²) in [6.07, 6.45) is 1.69. The van der Waals surface area contributed by atoms with Crippen molar-refractivity contribution < 1.29 is 18.7 Å². The average molecular weight is 305 g/mol. The number of alkyl halides is 1. The summed E-state index contributed by atoms with van der Waals surface area (Å²) in [6.45, 7) is -1.15. The summed E-state index contributed by atoms with van der Waals surface area (Å²) in [5.41, 5.74) is 8.74. The SMILES string of the molecule is Cn1ccc(OCc2c(OCF)cccc2C(=O)N=[N+]=[N-])n1. The molecule has 1 heterocycles. The number of hydrogen-bond donors (Lipinski definition) is 0. The minimum Gasteiger partial charge on any atom is -0.472 e. The molecule has 0 saturated carbocycles. The van der Waals surface area contributed by atoms with Crippen LogP contribution in [0.1, 0.15) is 15.9 Å². The molecule has 0 bridgehead atoms. The first-order valence-corrected chi connectivity index (χ1v) is 6.18. The standard InChI is InChI=1S/C13H12FN5O3/c1-19-6-5-12(17-19)21-7-10-9(13(20)16-18-15)3-2-4-11(10)22-8-14/h2-6H,7-8H2,1H3. The number of carbonyl (C=O) groups excluding carboxylic acids is 1. The van der Waals surface area contributed by atoms with Crippen LogP contribution in [0.2, 0.25) is 0 Å². The van der Waals surface area contributed by atoms with Gasteiger partial charge in [0.1, 0.15) is 12.4 Å². The van der Waals surface area contributed by atoms with Crippen molar-refractivity contribution in [2.75, 3.05) is 6.86 Å². The molecule has 1 aromatic heterocycles. The summed E-state index contributed by atoms with van der Waals surface area (Å²) in [5, 5.41) is 7.06. The Bertz CT molecular complexity index is 724. The second kappa shape index (κ2) is 7.09. The Labute approximate surface area is 124 Å². The molecule has 1 aromatic carbocycles. The van der Waals surface area contributed by atoms with E-state index in [1.807, 2.05) is 0 Å². The molecule has 0 aliphatic heterocycles. The highest BCUT2D eigenvalue weighted by atomic mass is 19.1. The highest BCUT2D eigenvalue weighted by Crippen LogP contribution is 2.25. The molecule has 0 unspecified atom stereocenters. The van der Waals surface area contributed by atoms with E-state index in [2.05, 4.69) is 15.1 Å². The van der Waals surface area contributed by atoms with Crippen LogP contribution in [0, 0.1) is 0 Å². The Kier molecular flexibility index (Phi) is 4.94. The van der Waals surface area contributed by atoms with Crippen LogP contribution in [0.4, 0.5) is 4.39 Å². The van der Waals surface area contributed by atoms with Gasteiger partial charge in [0, 0.05) is 35.3 Å². The van der Waals surface area contributed by atoms with Gasteiger partial charge in [0.05, 0.1) is 0 Å². The fourth-order valence-corrected chi connectivity index (χ4v) is 1.82. The molecule has 114 valence electrons. The van der Waals surface area contributed by atoms with Crippen molar-refractivity contribution in [3.63, 3.8) is 0 Å². The van der Waals surface area contributed by atoms with Crippen molar-refractivity contribution in [1.29, 1.82) is 0 Å². The topological polar surface area (TPSA) is 102 Å². The first-order chi connectivity index (χ1) is 10.7. The molecule has 0 aliphatic carbocycles. The van der Waals surface area contributed by atoms with Gasteiger partial charge >= 0.3 is 0 Å². The first-order valence-electron chi connectivity index (χ1n) is 6.18. The van der Waals surface area contributed by atoms with Gasteiger partial charge in [-0.2, -0.15) is 0 Å². The molecule has 2 rings (SSSR count). The third-order valence-electron chi connectivity index (χ3n) is 2.76. The van der Waals surface area contributed by atoms with Crippen LogP contribution in [-0.2, 0) is 13.7 Å². The Morgan fingerprint density at radius 2 is 2.27 bits per heavy atom. The molecule has 0 spiro atoms. The first kappa shape index (κ1) is 15.3. The van der Waals surface area contributed by atoms with E-state index >= 15 is 0 Å². The second-order valence-corrected chi connectivity index (χ2v) is 4.15. The number of halogens is 1. The van der Waals surface area contributed by atoms with Gasteiger partial charge in [-0.05, 0) is 16.7 Å². The number of benzene rings is 1. The van der Waals surface area contributed by atoms with Crippen molar-refractivity contribution in [3.8, 4) is 11.6 Å². The Morgan fingerprint density at radius 3 is 2.91 bits per heavy atom. The molecule has 0 aliphatic rings. The molecule has 9 heteroatoms. The number of carbonyl (C=O) groups is 1. The highest BCUT2D eigenvalue weighted by Gasteiger charge is 2.16. The molecule has 0 fully saturated rings. The van der Waals surface area contributed by atoms with Gasteiger partial charge in [-0.1, -0.05) is 12.1 Å². The number of azide groups is 1. The van der Waals surface area contributed by atoms with E-state index in [1.165, 1.54) is 18.2 Å². The molecule has 1 amide bonds. The number of nitrogens with zero attached hydrogens (tertiary/aromatic N) is 5. The predicted molar refractivity (Wildman–Crippen MR) is 74.1 cm³/mol. The summed E-state index contributed by atoms with van der Waals surface area (Å²) < 4.78 is 24.3. The highest BCUT2D eigenvalue weighted by molar-refractivity contribution is 5.96. The van der Waals surface area contributed by atoms with E-state index in [0.717, 1.165) is 0 Å². The zero-order valence-corrected chi connectivity index (χ0v) is 11.6. The Hall–Kier alpha value is -3.06. The van der Waals surface area contributed by atoms with Gasteiger partial charge in [0.15, 0.2) is 0 Å². The smallest absolute Gasteiger partial charge is 0.249 e. The lowest BCUT2D eigenvalue weighted by atomic mass is 10.1. The number of aromatic nitrogens is 2. The Morgan fingerprint density at radius 1 is 1.45 bits per heavy atom. The van der Waals surface area contributed by atoms with Crippen molar-refractivity contribution in [1.82, 2.24) is 9.78 Å². The number of aryl methyl sites for hydroxylation is 1. The van der Waals surface area contributed by atoms with Crippen molar-refractivity contribution >= 4 is 5.91 Å². The van der Waals surface area contributed by atoms with Crippen molar-refractivity contribution in [3.05, 3.63) is 52.0 Å². The largest absolute Gasteiger partial charge is 0.472 e. The molecule has 0 saturated heterocycles. The minimum atomic E-state index is -1.06. The summed E-state index contributed by atoms with van der Waals surface area (Å²) in [4.78, 5) is 14.2. The monoisotopic (exact) mass is 305 g/mol. The van der Waals surface area contributed by atoms with Crippen LogP contribution < -0.4 is 9.47 Å². The van der Waals surface area contributed by atoms with Gasteiger partial charge in [-0.15, -0.1) is 5.10 Å². The summed E-state index contributed by atoms with van der Waals surface area (Å²) >= 11 is 0. The predicted octanol–water partition coefficient (Wildman–Crippen LogP) is 2.76. The van der Waals surface area contributed by atoms with Crippen LogP contribution in [0.5, 0.6) is 11.6 Å². The maximum Gasteiger partial charge on any atom is 0.249 e. The van der Waals surface area contributed by atoms with Crippen LogP contribution in [0.25, 0.3) is 10.4 Å². The third kappa shape index (κ3) is 3.53. The summed E-state index contributed by atoms with van der Waals surface area (Å²) in [6, 6.07) is 6.06. The van der Waals surface area contributed by atoms with Gasteiger partial charge in [-0.3, -0.25) is 9.48 Å². The number of amides is 1. The normalized spacial score (nSPS) is 9.91. The lowest BCUT2D eigenvalue weighted by Gasteiger charge is -2.12. The van der Waals surface area contributed by atoms with Crippen LogP contribution in [0.3, 0.4) is 0 Å². The average Bonchev–Trinajstić information content (AvgIpc) is 2.92. The molecule has 8 nitrogen and oxygen atoms in total. The lowest BCUT2D eigenvalue weighted by molar-refractivity contribution is 0.0996. The molecular formula is C13H12FN5O3. The molecule has 2 aromatic rings. The lowest BCUT2D eigenvalue weighted by Crippen LogP contribution is -2.08. The molecule has 0 radical (unpaired) electrons. The van der Waals surface area contributed by atoms with Crippen LogP contribution in [0.15, 0.2) is 35.6 Å². The quantitative estimate of drug-likeness (QED) is 0.465. The Balaban J connectivity index is 2.32. The molecular weight excluding hydrogens is 293 g/mol. The fraction of sp³-hybridized carbons (Fsp3) is 0.231. The van der Waals surface area contributed by atoms with E-state index in [4.69, 9.17) is 15.0 Å². The zero-order valence-electron chi connectivity index (χ0n) is 11.6. The van der Waals surface area contributed by atoms with E-state index < -0.39 is 12.8 Å². The number of rotatable bonds is 6. The van der Waals surface area contributed by atoms with Crippen LogP contribution >= 0.6 is 0 Å². The molecule has 22 heavy (non-hydrogen) atoms. The van der Waals surface area contributed by atoms with Crippen molar-refractivity contribution in [2.24, 2.45) is 12.2 Å². The number of hydrogen-bond acceptors (Lipinski definition) is 4. The van der Waals surface area contributed by atoms with E-state index in [-0.39, 0.29) is 23.5 Å². The van der Waals surface area contributed by atoms with E-state index in [0.29, 0.717) is 5.88 Å². The minimum absolute atomic E-state index is 0.0830. The van der Waals surface area contributed by atoms with Gasteiger partial charge in [0.25, 0.3) is 0 Å². The van der Waals surface area contributed by atoms with Gasteiger partial charge in [0.2, 0.25) is 18.6 Å². The molecule has 0 atom stereocenters.